The van der Waals surface area contributed by atoms with Gasteiger partial charge in [-0.2, -0.15) is 11.8 Å². The van der Waals surface area contributed by atoms with Crippen molar-refractivity contribution in [3.63, 3.8) is 0 Å². The van der Waals surface area contributed by atoms with Gasteiger partial charge in [0.05, 0.1) is 0 Å². The lowest BCUT2D eigenvalue weighted by Gasteiger charge is -2.23. The van der Waals surface area contributed by atoms with Crippen LogP contribution in [0.3, 0.4) is 0 Å². The van der Waals surface area contributed by atoms with E-state index in [1.807, 2.05) is 11.8 Å². The number of carbonyl (C=O) groups is 3. The number of nitrogens with zero attached hydrogens (tertiary/aromatic N) is 1. The van der Waals surface area contributed by atoms with Gasteiger partial charge in [-0.25, -0.2) is 4.79 Å². The Bertz CT molecular complexity index is 379. The fraction of sp³-hybridized carbons (Fsp3) is 0.800. The molecule has 120 valence electrons. The average Bonchev–Trinajstić information content (AvgIpc) is 2.73. The van der Waals surface area contributed by atoms with E-state index < -0.39 is 17.8 Å². The standard InChI is InChI=1S/C15H25NO4S/c1-4-5-10-15(2,3)21-11-6-7-14(19)20-16-12(17)8-9-13(16)18/h4-11H2,1-3H3. The zero-order chi connectivity index (χ0) is 15.9. The Morgan fingerprint density at radius 3 is 2.43 bits per heavy atom. The summed E-state index contributed by atoms with van der Waals surface area (Å²) >= 11 is 1.85. The third-order valence-electron chi connectivity index (χ3n) is 3.35. The minimum absolute atomic E-state index is 0.133. The highest BCUT2D eigenvalue weighted by Gasteiger charge is 2.32. The number of amides is 2. The first-order chi connectivity index (χ1) is 9.85. The fourth-order valence-corrected chi connectivity index (χ4v) is 3.17. The number of thioether (sulfide) groups is 1. The summed E-state index contributed by atoms with van der Waals surface area (Å²) < 4.78 is 0.223. The Kier molecular flexibility index (Phi) is 7.22. The van der Waals surface area contributed by atoms with Gasteiger partial charge in [-0.05, 0) is 18.6 Å². The van der Waals surface area contributed by atoms with Gasteiger partial charge in [0.15, 0.2) is 0 Å². The molecule has 1 fully saturated rings. The molecule has 6 heteroatoms. The van der Waals surface area contributed by atoms with Crippen LogP contribution in [0.4, 0.5) is 0 Å². The molecule has 0 radical (unpaired) electrons. The molecular formula is C15H25NO4S. The summed E-state index contributed by atoms with van der Waals surface area (Å²) in [6, 6.07) is 0. The highest BCUT2D eigenvalue weighted by molar-refractivity contribution is 8.00. The van der Waals surface area contributed by atoms with Gasteiger partial charge in [0.2, 0.25) is 0 Å². The molecule has 1 rings (SSSR count). The second-order valence-corrected chi connectivity index (χ2v) is 7.66. The Labute approximate surface area is 130 Å². The number of hydrogen-bond acceptors (Lipinski definition) is 5. The fourth-order valence-electron chi connectivity index (χ4n) is 2.04. The minimum atomic E-state index is -0.509. The van der Waals surface area contributed by atoms with Crippen LogP contribution in [0, 0.1) is 0 Å². The van der Waals surface area contributed by atoms with E-state index in [0.29, 0.717) is 11.5 Å². The van der Waals surface area contributed by atoms with Gasteiger partial charge in [-0.1, -0.05) is 33.6 Å². The molecule has 0 bridgehead atoms. The van der Waals surface area contributed by atoms with Gasteiger partial charge < -0.3 is 4.84 Å². The summed E-state index contributed by atoms with van der Waals surface area (Å²) in [4.78, 5) is 39.0. The van der Waals surface area contributed by atoms with Crippen LogP contribution in [0.25, 0.3) is 0 Å². The number of hydrogen-bond donors (Lipinski definition) is 0. The highest BCUT2D eigenvalue weighted by atomic mass is 32.2. The summed E-state index contributed by atoms with van der Waals surface area (Å²) in [6.45, 7) is 6.61. The molecule has 1 saturated heterocycles. The normalized spacial score (nSPS) is 15.7. The van der Waals surface area contributed by atoms with E-state index >= 15 is 0 Å². The minimum Gasteiger partial charge on any atom is -0.330 e. The van der Waals surface area contributed by atoms with E-state index in [9.17, 15) is 14.4 Å². The van der Waals surface area contributed by atoms with Crippen LogP contribution >= 0.6 is 11.8 Å². The number of unbranched alkanes of at least 4 members (excludes halogenated alkanes) is 1. The van der Waals surface area contributed by atoms with E-state index in [1.54, 1.807) is 0 Å². The molecule has 5 nitrogen and oxygen atoms in total. The maximum absolute atomic E-state index is 11.6. The molecule has 0 atom stereocenters. The van der Waals surface area contributed by atoms with Crippen LogP contribution in [0.1, 0.15) is 65.7 Å². The summed E-state index contributed by atoms with van der Waals surface area (Å²) in [5.74, 6) is -0.495. The zero-order valence-electron chi connectivity index (χ0n) is 13.1. The van der Waals surface area contributed by atoms with E-state index in [0.717, 1.165) is 12.2 Å². The molecule has 0 aromatic rings. The Hall–Kier alpha value is -1.04. The predicted octanol–water partition coefficient (Wildman–Crippen LogP) is 3.08. The van der Waals surface area contributed by atoms with Gasteiger partial charge in [0.1, 0.15) is 0 Å². The lowest BCUT2D eigenvalue weighted by atomic mass is 10.1. The quantitative estimate of drug-likeness (QED) is 0.483. The third-order valence-corrected chi connectivity index (χ3v) is 4.83. The molecule has 0 unspecified atom stereocenters. The second-order valence-electron chi connectivity index (χ2n) is 5.86. The highest BCUT2D eigenvalue weighted by Crippen LogP contribution is 2.30. The second kappa shape index (κ2) is 8.41. The van der Waals surface area contributed by atoms with Crippen LogP contribution in [-0.2, 0) is 19.2 Å². The van der Waals surface area contributed by atoms with Crippen molar-refractivity contribution < 1.29 is 19.2 Å². The number of rotatable bonds is 9. The molecule has 1 heterocycles. The lowest BCUT2D eigenvalue weighted by Crippen LogP contribution is -2.32. The SMILES string of the molecule is CCCCC(C)(C)SCCCC(=O)ON1C(=O)CCC1=O. The monoisotopic (exact) mass is 315 g/mol. The number of hydroxylamine groups is 2. The molecule has 1 aliphatic rings. The summed E-state index contributed by atoms with van der Waals surface area (Å²) in [5.41, 5.74) is 0. The Morgan fingerprint density at radius 2 is 1.86 bits per heavy atom. The smallest absolute Gasteiger partial charge is 0.330 e. The molecule has 0 N–H and O–H groups in total. The van der Waals surface area contributed by atoms with Gasteiger partial charge in [-0.3, -0.25) is 9.59 Å². The Balaban J connectivity index is 2.19. The molecule has 0 aromatic heterocycles. The van der Waals surface area contributed by atoms with Gasteiger partial charge >= 0.3 is 5.97 Å². The van der Waals surface area contributed by atoms with Gasteiger partial charge in [0, 0.05) is 24.0 Å². The van der Waals surface area contributed by atoms with Crippen LogP contribution in [0.2, 0.25) is 0 Å². The lowest BCUT2D eigenvalue weighted by molar-refractivity contribution is -0.197. The largest absolute Gasteiger partial charge is 0.333 e. The van der Waals surface area contributed by atoms with Crippen LogP contribution in [0.15, 0.2) is 0 Å². The van der Waals surface area contributed by atoms with Crippen molar-refractivity contribution in [2.24, 2.45) is 0 Å². The first kappa shape index (κ1) is 18.0. The van der Waals surface area contributed by atoms with Crippen molar-refractivity contribution in [3.8, 4) is 0 Å². The van der Waals surface area contributed by atoms with Crippen molar-refractivity contribution in [3.05, 3.63) is 0 Å². The topological polar surface area (TPSA) is 63.7 Å². The molecule has 0 spiro atoms. The third kappa shape index (κ3) is 6.50. The van der Waals surface area contributed by atoms with Crippen molar-refractivity contribution in [1.29, 1.82) is 0 Å². The van der Waals surface area contributed by atoms with E-state index in [1.165, 1.54) is 12.8 Å². The van der Waals surface area contributed by atoms with Crippen molar-refractivity contribution >= 4 is 29.5 Å². The zero-order valence-corrected chi connectivity index (χ0v) is 14.0. The predicted molar refractivity (Wildman–Crippen MR) is 82.5 cm³/mol. The number of imide groups is 1. The Morgan fingerprint density at radius 1 is 1.24 bits per heavy atom. The van der Waals surface area contributed by atoms with Crippen molar-refractivity contribution in [2.75, 3.05) is 5.75 Å². The van der Waals surface area contributed by atoms with E-state index in [4.69, 9.17) is 4.84 Å². The molecule has 0 aromatic carbocycles. The number of carbonyl (C=O) groups excluding carboxylic acids is 3. The maximum Gasteiger partial charge on any atom is 0.333 e. The van der Waals surface area contributed by atoms with E-state index in [2.05, 4.69) is 20.8 Å². The molecular weight excluding hydrogens is 290 g/mol. The molecule has 0 aliphatic carbocycles. The summed E-state index contributed by atoms with van der Waals surface area (Å²) in [5, 5.41) is 0.612. The van der Waals surface area contributed by atoms with Crippen LogP contribution in [0.5, 0.6) is 0 Å². The van der Waals surface area contributed by atoms with Crippen LogP contribution in [-0.4, -0.2) is 33.3 Å². The molecule has 1 aliphatic heterocycles. The maximum atomic E-state index is 11.6. The summed E-state index contributed by atoms with van der Waals surface area (Å²) in [7, 11) is 0. The van der Waals surface area contributed by atoms with Gasteiger partial charge in [0.25, 0.3) is 11.8 Å². The van der Waals surface area contributed by atoms with Crippen molar-refractivity contribution in [2.45, 2.75) is 70.5 Å². The first-order valence-corrected chi connectivity index (χ1v) is 8.55. The molecule has 0 saturated carbocycles. The first-order valence-electron chi connectivity index (χ1n) is 7.56. The van der Waals surface area contributed by atoms with Crippen LogP contribution < -0.4 is 0 Å². The summed E-state index contributed by atoms with van der Waals surface area (Å²) in [6.07, 6.45) is 4.75. The average molecular weight is 315 g/mol. The molecule has 21 heavy (non-hydrogen) atoms. The van der Waals surface area contributed by atoms with E-state index in [-0.39, 0.29) is 24.0 Å². The molecule has 2 amide bonds. The van der Waals surface area contributed by atoms with Gasteiger partial charge in [-0.15, -0.1) is 5.06 Å². The van der Waals surface area contributed by atoms with Crippen molar-refractivity contribution in [1.82, 2.24) is 5.06 Å².